The smallest absolute Gasteiger partial charge is 0.292 e. The Bertz CT molecular complexity index is 583. The number of hydrogen-bond acceptors (Lipinski definition) is 5. The number of nitrogens with one attached hydrogen (secondary N) is 2. The highest BCUT2D eigenvalue weighted by atomic mass is 16.6. The van der Waals surface area contributed by atoms with Gasteiger partial charge in [-0.2, -0.15) is 5.10 Å². The van der Waals surface area contributed by atoms with E-state index in [-0.39, 0.29) is 17.5 Å². The summed E-state index contributed by atoms with van der Waals surface area (Å²) in [7, 11) is 0. The molecule has 20 heavy (non-hydrogen) atoms. The minimum absolute atomic E-state index is 0.0103. The largest absolute Gasteiger partial charge is 0.380 e. The summed E-state index contributed by atoms with van der Waals surface area (Å²) in [6.45, 7) is 4.36. The van der Waals surface area contributed by atoms with E-state index >= 15 is 0 Å². The van der Waals surface area contributed by atoms with E-state index in [0.717, 1.165) is 0 Å². The van der Waals surface area contributed by atoms with Crippen LogP contribution in [0.2, 0.25) is 0 Å². The number of nitrogens with zero attached hydrogens (tertiary/aromatic N) is 2. The number of anilines is 1. The molecule has 7 nitrogen and oxygen atoms in total. The van der Waals surface area contributed by atoms with Crippen molar-refractivity contribution in [2.75, 3.05) is 11.9 Å². The number of benzene rings is 1. The number of carbonyl (C=O) groups excluding carboxylic acids is 1. The summed E-state index contributed by atoms with van der Waals surface area (Å²) >= 11 is 0. The van der Waals surface area contributed by atoms with Gasteiger partial charge in [0.1, 0.15) is 5.69 Å². The first-order valence-electron chi connectivity index (χ1n) is 6.42. The zero-order chi connectivity index (χ0) is 14.7. The van der Waals surface area contributed by atoms with E-state index in [1.165, 1.54) is 6.07 Å². The van der Waals surface area contributed by atoms with Gasteiger partial charge in [0.2, 0.25) is 5.91 Å². The maximum absolute atomic E-state index is 11.2. The molecule has 0 radical (unpaired) electrons. The number of rotatable bonds is 4. The van der Waals surface area contributed by atoms with Gasteiger partial charge in [0.05, 0.1) is 10.6 Å². The fourth-order valence-electron chi connectivity index (χ4n) is 2.18. The first-order valence-corrected chi connectivity index (χ1v) is 6.42. The predicted octanol–water partition coefficient (Wildman–Crippen LogP) is 1.89. The third-order valence-corrected chi connectivity index (χ3v) is 3.12. The van der Waals surface area contributed by atoms with Gasteiger partial charge in [0.25, 0.3) is 5.69 Å². The van der Waals surface area contributed by atoms with E-state index in [9.17, 15) is 14.9 Å². The third kappa shape index (κ3) is 2.76. The van der Waals surface area contributed by atoms with Crippen molar-refractivity contribution in [3.63, 3.8) is 0 Å². The molecule has 0 saturated heterocycles. The van der Waals surface area contributed by atoms with Crippen LogP contribution in [0.25, 0.3) is 0 Å². The lowest BCUT2D eigenvalue weighted by Gasteiger charge is -2.19. The Hall–Kier alpha value is -2.44. The van der Waals surface area contributed by atoms with Gasteiger partial charge >= 0.3 is 0 Å². The molecule has 2 rings (SSSR count). The Balaban J connectivity index is 2.41. The molecule has 0 fully saturated rings. The van der Waals surface area contributed by atoms with Gasteiger partial charge in [-0.15, -0.1) is 0 Å². The maximum atomic E-state index is 11.2. The number of amides is 1. The van der Waals surface area contributed by atoms with Crippen LogP contribution in [0.5, 0.6) is 0 Å². The minimum Gasteiger partial charge on any atom is -0.380 e. The maximum Gasteiger partial charge on any atom is 0.292 e. The molecule has 0 aromatic heterocycles. The van der Waals surface area contributed by atoms with Crippen molar-refractivity contribution in [2.45, 2.75) is 20.3 Å². The Morgan fingerprint density at radius 2 is 2.30 bits per heavy atom. The van der Waals surface area contributed by atoms with Gasteiger partial charge in [-0.25, -0.2) is 5.43 Å². The second-order valence-electron chi connectivity index (χ2n) is 4.66. The van der Waals surface area contributed by atoms with E-state index in [1.54, 1.807) is 12.1 Å². The molecule has 1 aliphatic heterocycles. The Labute approximate surface area is 116 Å². The van der Waals surface area contributed by atoms with E-state index < -0.39 is 4.92 Å². The standard InChI is InChI=1S/C13H16N4O3/c1-3-14-10-5-4-9(7-11(10)17(19)20)13-8(2)6-12(18)15-16-13/h4-5,7-8,14H,3,6H2,1-2H3,(H,15,18). The number of nitro benzene ring substituents is 1. The van der Waals surface area contributed by atoms with Crippen molar-refractivity contribution in [2.24, 2.45) is 11.0 Å². The van der Waals surface area contributed by atoms with Crippen molar-refractivity contribution in [1.29, 1.82) is 0 Å². The normalized spacial score (nSPS) is 18.2. The first kappa shape index (κ1) is 14.0. The van der Waals surface area contributed by atoms with Crippen LogP contribution in [-0.4, -0.2) is 23.1 Å². The fraction of sp³-hybridized carbons (Fsp3) is 0.385. The van der Waals surface area contributed by atoms with Crippen LogP contribution in [0, 0.1) is 16.0 Å². The molecule has 7 heteroatoms. The van der Waals surface area contributed by atoms with Gasteiger partial charge in [-0.3, -0.25) is 14.9 Å². The van der Waals surface area contributed by atoms with Crippen LogP contribution in [0.3, 0.4) is 0 Å². The Morgan fingerprint density at radius 3 is 2.90 bits per heavy atom. The molecule has 0 saturated carbocycles. The van der Waals surface area contributed by atoms with Gasteiger partial charge in [0, 0.05) is 30.5 Å². The molecule has 0 bridgehead atoms. The molecule has 0 aliphatic carbocycles. The molecule has 1 aromatic rings. The topological polar surface area (TPSA) is 96.6 Å². The summed E-state index contributed by atoms with van der Waals surface area (Å²) in [5.41, 5.74) is 4.23. The molecule has 1 aromatic carbocycles. The minimum atomic E-state index is -0.422. The number of nitro groups is 1. The van der Waals surface area contributed by atoms with Crippen LogP contribution in [0.1, 0.15) is 25.8 Å². The van der Waals surface area contributed by atoms with Gasteiger partial charge < -0.3 is 5.32 Å². The van der Waals surface area contributed by atoms with Crippen molar-refractivity contribution in [3.05, 3.63) is 33.9 Å². The van der Waals surface area contributed by atoms with Crippen molar-refractivity contribution in [3.8, 4) is 0 Å². The molecule has 1 heterocycles. The van der Waals surface area contributed by atoms with Gasteiger partial charge in [-0.05, 0) is 13.0 Å². The molecular weight excluding hydrogens is 260 g/mol. The highest BCUT2D eigenvalue weighted by Crippen LogP contribution is 2.27. The van der Waals surface area contributed by atoms with Gasteiger partial charge in [-0.1, -0.05) is 13.0 Å². The molecule has 1 unspecified atom stereocenters. The Morgan fingerprint density at radius 1 is 1.55 bits per heavy atom. The Kier molecular flexibility index (Phi) is 3.97. The summed E-state index contributed by atoms with van der Waals surface area (Å²) in [5, 5.41) is 18.1. The van der Waals surface area contributed by atoms with Crippen LogP contribution in [0.15, 0.2) is 23.3 Å². The summed E-state index contributed by atoms with van der Waals surface area (Å²) in [6, 6.07) is 4.94. The summed E-state index contributed by atoms with van der Waals surface area (Å²) in [4.78, 5) is 21.9. The van der Waals surface area contributed by atoms with E-state index in [2.05, 4.69) is 15.8 Å². The first-order chi connectivity index (χ1) is 9.52. The molecule has 106 valence electrons. The highest BCUT2D eigenvalue weighted by molar-refractivity contribution is 6.06. The van der Waals surface area contributed by atoms with E-state index in [0.29, 0.717) is 29.9 Å². The zero-order valence-corrected chi connectivity index (χ0v) is 11.3. The van der Waals surface area contributed by atoms with E-state index in [4.69, 9.17) is 0 Å². The molecular formula is C13H16N4O3. The zero-order valence-electron chi connectivity index (χ0n) is 11.3. The number of carbonyl (C=O) groups is 1. The van der Waals surface area contributed by atoms with Crippen LogP contribution >= 0.6 is 0 Å². The van der Waals surface area contributed by atoms with Gasteiger partial charge in [0.15, 0.2) is 0 Å². The quantitative estimate of drug-likeness (QED) is 0.648. The predicted molar refractivity (Wildman–Crippen MR) is 75.7 cm³/mol. The van der Waals surface area contributed by atoms with Crippen molar-refractivity contribution in [1.82, 2.24) is 5.43 Å². The summed E-state index contributed by atoms with van der Waals surface area (Å²) in [6.07, 6.45) is 0.335. The van der Waals surface area contributed by atoms with Crippen molar-refractivity contribution >= 4 is 23.0 Å². The SMILES string of the molecule is CCNc1ccc(C2=NNC(=O)CC2C)cc1[N+](=O)[O-]. The average molecular weight is 276 g/mol. The second-order valence-corrected chi connectivity index (χ2v) is 4.66. The third-order valence-electron chi connectivity index (χ3n) is 3.12. The summed E-state index contributed by atoms with van der Waals surface area (Å²) < 4.78 is 0. The molecule has 2 N–H and O–H groups in total. The molecule has 1 aliphatic rings. The van der Waals surface area contributed by atoms with E-state index in [1.807, 2.05) is 13.8 Å². The van der Waals surface area contributed by atoms with Crippen molar-refractivity contribution < 1.29 is 9.72 Å². The highest BCUT2D eigenvalue weighted by Gasteiger charge is 2.24. The number of hydrazone groups is 1. The fourth-order valence-corrected chi connectivity index (χ4v) is 2.18. The lowest BCUT2D eigenvalue weighted by molar-refractivity contribution is -0.384. The van der Waals surface area contributed by atoms with Crippen LogP contribution in [-0.2, 0) is 4.79 Å². The average Bonchev–Trinajstić information content (AvgIpc) is 2.39. The monoisotopic (exact) mass is 276 g/mol. The van der Waals surface area contributed by atoms with Crippen LogP contribution in [0.4, 0.5) is 11.4 Å². The lowest BCUT2D eigenvalue weighted by Crippen LogP contribution is -2.32. The number of hydrogen-bond donors (Lipinski definition) is 2. The lowest BCUT2D eigenvalue weighted by atomic mass is 9.93. The molecule has 1 amide bonds. The molecule has 1 atom stereocenters. The van der Waals surface area contributed by atoms with Crippen LogP contribution < -0.4 is 10.7 Å². The summed E-state index contributed by atoms with van der Waals surface area (Å²) in [5.74, 6) is -0.201. The second kappa shape index (κ2) is 5.68. The molecule has 0 spiro atoms.